The summed E-state index contributed by atoms with van der Waals surface area (Å²) in [6.45, 7) is 0. The topological polar surface area (TPSA) is 199 Å². The third-order valence-corrected chi connectivity index (χ3v) is 0. The molecule has 0 aromatic rings. The van der Waals surface area contributed by atoms with Gasteiger partial charge in [0.25, 0.3) is 0 Å². The first kappa shape index (κ1) is 37.9. The van der Waals surface area contributed by atoms with Gasteiger partial charge in [-0.25, -0.2) is 0 Å². The molecule has 0 heterocycles. The van der Waals surface area contributed by atoms with E-state index >= 15 is 0 Å². The normalized spacial score (nSPS) is 3.43. The van der Waals surface area contributed by atoms with E-state index in [1.807, 2.05) is 0 Å². The number of hydrogen-bond donors (Lipinski definition) is 4. The van der Waals surface area contributed by atoms with Crippen molar-refractivity contribution < 1.29 is 23.7 Å². The summed E-state index contributed by atoms with van der Waals surface area (Å²) in [5.41, 5.74) is 0. The van der Waals surface area contributed by atoms with E-state index in [9.17, 15) is 0 Å². The van der Waals surface area contributed by atoms with Crippen molar-refractivity contribution in [2.45, 2.75) is 0 Å². The van der Waals surface area contributed by atoms with Crippen molar-refractivity contribution in [3.05, 3.63) is 19.6 Å². The fourth-order valence-electron chi connectivity index (χ4n) is 0. The summed E-state index contributed by atoms with van der Waals surface area (Å²) in [6.07, 6.45) is 0. The summed E-state index contributed by atoms with van der Waals surface area (Å²) in [5, 5.41) is 31.6. The zero-order valence-corrected chi connectivity index (χ0v) is 9.63. The number of hydrogen-bond acceptors (Lipinski definition) is 8. The van der Waals surface area contributed by atoms with E-state index < -0.39 is 0 Å². The largest absolute Gasteiger partial charge is 2.00 e. The Morgan fingerprint density at radius 2 is 0.643 bits per heavy atom. The average Bonchev–Trinajstić information content (AvgIpc) is 1.92. The van der Waals surface area contributed by atoms with Crippen LogP contribution in [0.15, 0.2) is 21.4 Å². The van der Waals surface area contributed by atoms with Crippen LogP contribution in [0.25, 0.3) is 0 Å². The monoisotopic (exact) mass is 264 g/mol. The van der Waals surface area contributed by atoms with Gasteiger partial charge in [0.15, 0.2) is 21.4 Å². The molecule has 4 N–H and O–H groups in total. The standard InChI is InChI=1S/Ca.4HNO2.H2S.2H/c;4*2-1-3;;;/h;4*(H,2,3);1H2;;/q+2;;;;;;2*-1. The average molecular weight is 264 g/mol. The van der Waals surface area contributed by atoms with Crippen LogP contribution in [-0.4, -0.2) is 58.6 Å². The molecule has 12 nitrogen and oxygen atoms in total. The van der Waals surface area contributed by atoms with Gasteiger partial charge in [0.05, 0.1) is 0 Å². The van der Waals surface area contributed by atoms with Crippen molar-refractivity contribution in [1.29, 1.82) is 0 Å². The SMILES string of the molecule is O=NO.O=NO.O=NO.O=NO.S.[Ca+2].[H-].[H-]. The molecular weight excluding hydrogens is 256 g/mol. The van der Waals surface area contributed by atoms with E-state index in [1.54, 1.807) is 0 Å². The number of nitrogens with zero attached hydrogens (tertiary/aromatic N) is 4. The molecule has 0 bridgehead atoms. The van der Waals surface area contributed by atoms with Gasteiger partial charge in [-0.05, 0) is 0 Å². The minimum Gasteiger partial charge on any atom is -1.00 e. The Bertz CT molecular complexity index is 84.0. The summed E-state index contributed by atoms with van der Waals surface area (Å²) >= 11 is 0. The van der Waals surface area contributed by atoms with Gasteiger partial charge in [-0.1, -0.05) is 0 Å². The van der Waals surface area contributed by atoms with Crippen LogP contribution in [0.4, 0.5) is 0 Å². The Balaban J connectivity index is -0.00000000821. The fraction of sp³-hybridized carbons (Fsp3) is 0. The molecule has 0 aliphatic heterocycles. The van der Waals surface area contributed by atoms with Gasteiger partial charge in [0.2, 0.25) is 0 Å². The summed E-state index contributed by atoms with van der Waals surface area (Å²) in [7, 11) is 0. The van der Waals surface area contributed by atoms with Crippen LogP contribution < -0.4 is 0 Å². The van der Waals surface area contributed by atoms with Crippen LogP contribution in [0.5, 0.6) is 0 Å². The summed E-state index contributed by atoms with van der Waals surface area (Å²) in [6, 6.07) is 0. The van der Waals surface area contributed by atoms with Crippen molar-refractivity contribution in [2.75, 3.05) is 0 Å². The first-order chi connectivity index (χ1) is 5.66. The van der Waals surface area contributed by atoms with E-state index in [2.05, 4.69) is 0 Å². The van der Waals surface area contributed by atoms with Crippen LogP contribution in [0.2, 0.25) is 0 Å². The van der Waals surface area contributed by atoms with Gasteiger partial charge in [0.1, 0.15) is 0 Å². The molecule has 0 aliphatic carbocycles. The van der Waals surface area contributed by atoms with E-state index in [0.29, 0.717) is 0 Å². The number of rotatable bonds is 0. The Morgan fingerprint density at radius 1 is 0.643 bits per heavy atom. The van der Waals surface area contributed by atoms with E-state index in [-0.39, 0.29) is 54.1 Å². The molecule has 0 amide bonds. The van der Waals surface area contributed by atoms with Crippen molar-refractivity contribution in [3.8, 4) is 0 Å². The molecule has 84 valence electrons. The molecular formula is H8CaN4O8S. The molecule has 0 fully saturated rings. The van der Waals surface area contributed by atoms with Crippen molar-refractivity contribution >= 4 is 51.2 Å². The van der Waals surface area contributed by atoms with Gasteiger partial charge in [0, 0.05) is 0 Å². The van der Waals surface area contributed by atoms with Gasteiger partial charge in [-0.3, -0.25) is 0 Å². The molecule has 14 heteroatoms. The molecule has 0 radical (unpaired) electrons. The van der Waals surface area contributed by atoms with Crippen molar-refractivity contribution in [2.24, 2.45) is 21.4 Å². The Morgan fingerprint density at radius 3 is 0.643 bits per heavy atom. The van der Waals surface area contributed by atoms with Crippen LogP contribution in [0.1, 0.15) is 2.85 Å². The van der Waals surface area contributed by atoms with Gasteiger partial charge >= 0.3 is 37.7 Å². The molecule has 0 unspecified atom stereocenters. The molecule has 0 aliphatic rings. The maximum atomic E-state index is 8.11. The van der Waals surface area contributed by atoms with Crippen LogP contribution in [0, 0.1) is 19.6 Å². The van der Waals surface area contributed by atoms with Gasteiger partial charge in [-0.2, -0.15) is 13.5 Å². The van der Waals surface area contributed by atoms with Crippen molar-refractivity contribution in [3.63, 3.8) is 0 Å². The third kappa shape index (κ3) is 1870. The molecule has 14 heavy (non-hydrogen) atoms. The first-order valence-corrected chi connectivity index (χ1v) is 1.53. The predicted octanol–water partition coefficient (Wildman–Crippen LogP) is 0.525. The molecule has 0 rings (SSSR count). The zero-order valence-electron chi connectivity index (χ0n) is 8.42. The van der Waals surface area contributed by atoms with E-state index in [0.717, 1.165) is 0 Å². The van der Waals surface area contributed by atoms with Crippen molar-refractivity contribution in [1.82, 2.24) is 0 Å². The molecule has 0 saturated heterocycles. The zero-order chi connectivity index (χ0) is 10.8. The molecule has 0 aromatic heterocycles. The smallest absolute Gasteiger partial charge is 1.00 e. The first-order valence-electron chi connectivity index (χ1n) is 1.53. The van der Waals surface area contributed by atoms with E-state index in [1.165, 1.54) is 21.4 Å². The minimum atomic E-state index is 0. The summed E-state index contributed by atoms with van der Waals surface area (Å²) in [5.74, 6) is 0. The van der Waals surface area contributed by atoms with Gasteiger partial charge < -0.3 is 23.7 Å². The Kier molecular flexibility index (Phi) is 403. The molecule has 0 atom stereocenters. The second kappa shape index (κ2) is 149. The maximum Gasteiger partial charge on any atom is 2.00 e. The van der Waals surface area contributed by atoms with Crippen LogP contribution >= 0.6 is 13.5 Å². The van der Waals surface area contributed by atoms with Crippen LogP contribution in [-0.2, 0) is 0 Å². The summed E-state index contributed by atoms with van der Waals surface area (Å²) in [4.78, 5) is 32.4. The minimum absolute atomic E-state index is 0. The Labute approximate surface area is 115 Å². The fourth-order valence-corrected chi connectivity index (χ4v) is 0. The quantitative estimate of drug-likeness (QED) is 0.275. The summed E-state index contributed by atoms with van der Waals surface area (Å²) < 4.78 is 0. The molecule has 0 saturated carbocycles. The molecule has 0 aromatic carbocycles. The Hall–Kier alpha value is -0.790. The van der Waals surface area contributed by atoms with E-state index in [4.69, 9.17) is 40.5 Å². The van der Waals surface area contributed by atoms with Crippen LogP contribution in [0.3, 0.4) is 0 Å². The predicted molar refractivity (Wildman–Crippen MR) is 48.7 cm³/mol. The van der Waals surface area contributed by atoms with Gasteiger partial charge in [-0.15, -0.1) is 19.6 Å². The second-order valence-corrected chi connectivity index (χ2v) is 0.327. The maximum absolute atomic E-state index is 8.11. The second-order valence-electron chi connectivity index (χ2n) is 0.327. The molecule has 0 spiro atoms. The third-order valence-electron chi connectivity index (χ3n) is 0.